The third kappa shape index (κ3) is 22.7. The monoisotopic (exact) mass is 1050 g/mol. The number of phenolic OH excluding ortho intramolecular Hbond substituents is 2. The van der Waals surface area contributed by atoms with Gasteiger partial charge in [-0.3, -0.25) is 52.7 Å². The van der Waals surface area contributed by atoms with Gasteiger partial charge in [0.25, 0.3) is 0 Å². The van der Waals surface area contributed by atoms with E-state index in [4.69, 9.17) is 22.9 Å². The lowest BCUT2D eigenvalue weighted by Crippen LogP contribution is -2.61. The summed E-state index contributed by atoms with van der Waals surface area (Å²) in [5, 5.41) is 54.6. The SMILES string of the molecule is CC(C)CC(NC(=O)C(CCC(N)=O)NC(=O)C(N)Cc1ccc(O)cc1)C(=O)NC(CCC(=O)O)C(=O)NC(CC(N)=O)C(=O)NC(Cc1ccc(O)cc1)C(=O)NC(CS)C(=O)NC(CC(N)=O)C(=O)O. The largest absolute Gasteiger partial charge is 0.508 e. The molecule has 0 saturated heterocycles. The summed E-state index contributed by atoms with van der Waals surface area (Å²) in [6, 6.07) is -1.93. The second-order valence-electron chi connectivity index (χ2n) is 17.2. The van der Waals surface area contributed by atoms with Crippen LogP contribution in [0.25, 0.3) is 0 Å². The van der Waals surface area contributed by atoms with E-state index in [2.05, 4.69) is 49.8 Å². The standard InChI is InChI=1S/C45H63N11O16S/c1-21(2)15-29(52-39(65)27(11-13-34(47)59)50-38(64)26(46)16-22-3-7-24(57)8-4-22)41(67)51-28(12-14-37(62)63)40(66)54-31(18-35(48)60)43(69)53-30(17-23-5-9-25(58)10-6-23)42(68)56-33(20-73)44(70)55-32(45(71)72)19-36(49)61/h3-10,21,26-33,57-58,73H,11-20,46H2,1-2H3,(H2,47,59)(H2,48,60)(H2,49,61)(H,50,64)(H,51,67)(H,52,65)(H,53,69)(H,54,66)(H,55,70)(H,56,68)(H,62,63)(H,71,72). The number of carbonyl (C=O) groups is 12. The van der Waals surface area contributed by atoms with Gasteiger partial charge in [-0.05, 0) is 67.0 Å². The molecule has 0 fully saturated rings. The Morgan fingerprint density at radius 2 is 0.849 bits per heavy atom. The topological polar surface area (TPSA) is 474 Å². The number of benzene rings is 2. The number of thiol groups is 1. The minimum atomic E-state index is -1.93. The molecule has 0 heterocycles. The lowest BCUT2D eigenvalue weighted by Gasteiger charge is -2.28. The van der Waals surface area contributed by atoms with E-state index in [9.17, 15) is 78.0 Å². The van der Waals surface area contributed by atoms with Crippen LogP contribution in [0.1, 0.15) is 69.9 Å². The molecular weight excluding hydrogens is 983 g/mol. The van der Waals surface area contributed by atoms with E-state index in [-0.39, 0.29) is 43.1 Å². The average molecular weight is 1050 g/mol. The second-order valence-corrected chi connectivity index (χ2v) is 17.6. The number of hydrogen-bond acceptors (Lipinski definition) is 16. The molecule has 2 aromatic carbocycles. The minimum absolute atomic E-state index is 0.0251. The van der Waals surface area contributed by atoms with Crippen LogP contribution >= 0.6 is 12.6 Å². The smallest absolute Gasteiger partial charge is 0.326 e. The van der Waals surface area contributed by atoms with Crippen LogP contribution in [0.5, 0.6) is 11.5 Å². The molecule has 0 aliphatic heterocycles. The van der Waals surface area contributed by atoms with Crippen molar-refractivity contribution < 1.29 is 78.0 Å². The molecule has 0 aliphatic rings. The van der Waals surface area contributed by atoms with Gasteiger partial charge >= 0.3 is 11.9 Å². The summed E-state index contributed by atoms with van der Waals surface area (Å²) < 4.78 is 0. The van der Waals surface area contributed by atoms with Crippen molar-refractivity contribution in [3.05, 3.63) is 59.7 Å². The van der Waals surface area contributed by atoms with Crippen LogP contribution in [0.3, 0.4) is 0 Å². The molecule has 0 radical (unpaired) electrons. The number of aromatic hydroxyl groups is 2. The summed E-state index contributed by atoms with van der Waals surface area (Å²) in [6.07, 6.45) is -4.37. The van der Waals surface area contributed by atoms with Crippen LogP contribution in [-0.2, 0) is 70.4 Å². The molecule has 400 valence electrons. The van der Waals surface area contributed by atoms with Gasteiger partial charge in [-0.1, -0.05) is 38.1 Å². The molecule has 2 rings (SSSR count). The molecule has 8 atom stereocenters. The fraction of sp³-hybridized carbons (Fsp3) is 0.467. The Labute approximate surface area is 423 Å². The van der Waals surface area contributed by atoms with Gasteiger partial charge in [-0.25, -0.2) is 4.79 Å². The van der Waals surface area contributed by atoms with Gasteiger partial charge in [0.15, 0.2) is 0 Å². The van der Waals surface area contributed by atoms with Gasteiger partial charge in [0.1, 0.15) is 53.8 Å². The number of hydrogen-bond donors (Lipinski definition) is 16. The van der Waals surface area contributed by atoms with Gasteiger partial charge in [-0.2, -0.15) is 12.6 Å². The van der Waals surface area contributed by atoms with Crippen LogP contribution in [-0.4, -0.2) is 146 Å². The number of nitrogens with two attached hydrogens (primary N) is 4. The molecule has 0 aromatic heterocycles. The fourth-order valence-electron chi connectivity index (χ4n) is 6.77. The van der Waals surface area contributed by atoms with E-state index in [0.29, 0.717) is 11.1 Å². The number of carboxylic acids is 2. The van der Waals surface area contributed by atoms with Gasteiger partial charge in [0, 0.05) is 25.0 Å². The number of amides is 10. The quantitative estimate of drug-likeness (QED) is 0.0307. The molecular formula is C45H63N11O16S. The van der Waals surface area contributed by atoms with Crippen molar-refractivity contribution in [2.24, 2.45) is 28.9 Å². The molecule has 10 amide bonds. The normalized spacial score (nSPS) is 14.2. The van der Waals surface area contributed by atoms with Crippen LogP contribution in [0, 0.1) is 5.92 Å². The second kappa shape index (κ2) is 30.0. The van der Waals surface area contributed by atoms with Crippen LogP contribution in [0.15, 0.2) is 48.5 Å². The first kappa shape index (κ1) is 61.1. The van der Waals surface area contributed by atoms with E-state index >= 15 is 0 Å². The Balaban J connectivity index is 2.43. The van der Waals surface area contributed by atoms with Crippen LogP contribution in [0.2, 0.25) is 0 Å². The Kier molecular flexibility index (Phi) is 25.1. The summed E-state index contributed by atoms with van der Waals surface area (Å²) in [4.78, 5) is 155. The van der Waals surface area contributed by atoms with Crippen molar-refractivity contribution in [1.82, 2.24) is 37.2 Å². The summed E-state index contributed by atoms with van der Waals surface area (Å²) in [7, 11) is 0. The fourth-order valence-corrected chi connectivity index (χ4v) is 7.03. The maximum Gasteiger partial charge on any atom is 0.326 e. The van der Waals surface area contributed by atoms with Gasteiger partial charge in [0.2, 0.25) is 59.1 Å². The summed E-state index contributed by atoms with van der Waals surface area (Å²) in [5.74, 6) is -14.7. The van der Waals surface area contributed by atoms with Crippen LogP contribution < -0.4 is 60.2 Å². The van der Waals surface area contributed by atoms with Crippen molar-refractivity contribution in [3.63, 3.8) is 0 Å². The first-order chi connectivity index (χ1) is 34.2. The minimum Gasteiger partial charge on any atom is -0.508 e. The van der Waals surface area contributed by atoms with Gasteiger partial charge in [0.05, 0.1) is 18.9 Å². The highest BCUT2D eigenvalue weighted by Gasteiger charge is 2.35. The summed E-state index contributed by atoms with van der Waals surface area (Å²) >= 11 is 4.05. The molecule has 73 heavy (non-hydrogen) atoms. The first-order valence-corrected chi connectivity index (χ1v) is 23.2. The predicted molar refractivity (Wildman–Crippen MR) is 259 cm³/mol. The highest BCUT2D eigenvalue weighted by molar-refractivity contribution is 7.80. The Hall–Kier alpha value is -8.01. The lowest BCUT2D eigenvalue weighted by atomic mass is 10.0. The molecule has 8 unspecified atom stereocenters. The highest BCUT2D eigenvalue weighted by atomic mass is 32.1. The average Bonchev–Trinajstić information content (AvgIpc) is 3.30. The molecule has 2 aromatic rings. The maximum absolute atomic E-state index is 14.0. The third-order valence-electron chi connectivity index (χ3n) is 10.5. The Morgan fingerprint density at radius 1 is 0.479 bits per heavy atom. The first-order valence-electron chi connectivity index (χ1n) is 22.5. The molecule has 28 heteroatoms. The Bertz CT molecular complexity index is 2320. The highest BCUT2D eigenvalue weighted by Crippen LogP contribution is 2.15. The number of nitrogens with one attached hydrogen (secondary N) is 7. The zero-order valence-corrected chi connectivity index (χ0v) is 40.7. The number of carbonyl (C=O) groups excluding carboxylic acids is 10. The molecule has 0 bridgehead atoms. The lowest BCUT2D eigenvalue weighted by molar-refractivity contribution is -0.143. The maximum atomic E-state index is 14.0. The molecule has 0 saturated carbocycles. The third-order valence-corrected chi connectivity index (χ3v) is 10.9. The molecule has 19 N–H and O–H groups in total. The van der Waals surface area contributed by atoms with Crippen molar-refractivity contribution in [2.75, 3.05) is 5.75 Å². The van der Waals surface area contributed by atoms with E-state index in [1.807, 2.05) is 0 Å². The van der Waals surface area contributed by atoms with Crippen LogP contribution in [0.4, 0.5) is 0 Å². The van der Waals surface area contributed by atoms with E-state index in [0.717, 1.165) is 0 Å². The number of aliphatic carboxylic acids is 2. The molecule has 0 spiro atoms. The van der Waals surface area contributed by atoms with Gasteiger partial charge < -0.3 is 80.6 Å². The summed E-state index contributed by atoms with van der Waals surface area (Å²) in [6.45, 7) is 3.35. The zero-order chi connectivity index (χ0) is 55.1. The van der Waals surface area contributed by atoms with Crippen molar-refractivity contribution >= 4 is 83.6 Å². The van der Waals surface area contributed by atoms with E-state index in [1.54, 1.807) is 13.8 Å². The number of carboxylic acid groups (broad SMARTS) is 2. The van der Waals surface area contributed by atoms with Crippen molar-refractivity contribution in [1.29, 1.82) is 0 Å². The predicted octanol–water partition coefficient (Wildman–Crippen LogP) is -4.45. The van der Waals surface area contributed by atoms with Crippen molar-refractivity contribution in [2.45, 2.75) is 120 Å². The Morgan fingerprint density at radius 3 is 1.32 bits per heavy atom. The number of primary amides is 3. The van der Waals surface area contributed by atoms with Gasteiger partial charge in [-0.15, -0.1) is 0 Å². The van der Waals surface area contributed by atoms with E-state index in [1.165, 1.54) is 48.5 Å². The number of rotatable bonds is 32. The number of phenols is 2. The van der Waals surface area contributed by atoms with Crippen molar-refractivity contribution in [3.8, 4) is 11.5 Å². The summed E-state index contributed by atoms with van der Waals surface area (Å²) in [5.41, 5.74) is 22.8. The molecule has 0 aliphatic carbocycles. The molecule has 27 nitrogen and oxygen atoms in total. The zero-order valence-electron chi connectivity index (χ0n) is 39.8. The van der Waals surface area contributed by atoms with E-state index < -0.39 is 157 Å².